The van der Waals surface area contributed by atoms with Gasteiger partial charge in [-0.3, -0.25) is 10.1 Å². The maximum absolute atomic E-state index is 13.8. The normalized spacial score (nSPS) is 19.4. The van der Waals surface area contributed by atoms with Crippen molar-refractivity contribution < 1.29 is 13.7 Å². The summed E-state index contributed by atoms with van der Waals surface area (Å²) in [4.78, 5) is 17.8. The van der Waals surface area contributed by atoms with Gasteiger partial charge in [0, 0.05) is 11.9 Å². The van der Waals surface area contributed by atoms with Crippen molar-refractivity contribution >= 4 is 28.0 Å². The molecule has 2 heterocycles. The van der Waals surface area contributed by atoms with Gasteiger partial charge in [-0.1, -0.05) is 6.07 Å². The van der Waals surface area contributed by atoms with Gasteiger partial charge in [0.1, 0.15) is 17.9 Å². The highest BCUT2D eigenvalue weighted by Crippen LogP contribution is 2.36. The Morgan fingerprint density at radius 1 is 1.52 bits per heavy atom. The lowest BCUT2D eigenvalue weighted by atomic mass is 10.1. The molecule has 1 unspecified atom stereocenters. The van der Waals surface area contributed by atoms with Crippen LogP contribution in [0.3, 0.4) is 0 Å². The molecule has 118 valence electrons. The standard InChI is InChI=1S/C14H11F2N5O2/c1-17-8-2-3-10-9(4-8)13(11(5-19-10)21(22)23)20-12-6-18-7-14(12,15)16/h2-5,12,18H,6-7H2,(H,19,20). The van der Waals surface area contributed by atoms with Gasteiger partial charge < -0.3 is 10.6 Å². The third kappa shape index (κ3) is 2.64. The number of benzene rings is 1. The zero-order valence-electron chi connectivity index (χ0n) is 11.7. The molecule has 0 amide bonds. The van der Waals surface area contributed by atoms with E-state index < -0.39 is 29.1 Å². The summed E-state index contributed by atoms with van der Waals surface area (Å²) in [5, 5.41) is 16.6. The average Bonchev–Trinajstić information content (AvgIpc) is 2.85. The molecule has 1 aromatic carbocycles. The molecular weight excluding hydrogens is 308 g/mol. The van der Waals surface area contributed by atoms with E-state index in [1.54, 1.807) is 0 Å². The summed E-state index contributed by atoms with van der Waals surface area (Å²) in [6.45, 7) is 6.53. The number of rotatable bonds is 3. The third-order valence-corrected chi connectivity index (χ3v) is 3.69. The highest BCUT2D eigenvalue weighted by atomic mass is 19.3. The number of hydrogen-bond acceptors (Lipinski definition) is 5. The van der Waals surface area contributed by atoms with Crippen LogP contribution < -0.4 is 10.6 Å². The van der Waals surface area contributed by atoms with E-state index in [2.05, 4.69) is 20.5 Å². The van der Waals surface area contributed by atoms with E-state index in [-0.39, 0.29) is 23.3 Å². The van der Waals surface area contributed by atoms with Crippen LogP contribution >= 0.6 is 0 Å². The molecule has 23 heavy (non-hydrogen) atoms. The molecule has 0 aliphatic carbocycles. The third-order valence-electron chi connectivity index (χ3n) is 3.69. The fourth-order valence-corrected chi connectivity index (χ4v) is 2.52. The predicted molar refractivity (Wildman–Crippen MR) is 79.9 cm³/mol. The van der Waals surface area contributed by atoms with Gasteiger partial charge in [0.05, 0.1) is 23.6 Å². The number of nitro groups is 1. The molecule has 1 fully saturated rings. The van der Waals surface area contributed by atoms with Crippen LogP contribution in [0.4, 0.5) is 25.8 Å². The van der Waals surface area contributed by atoms with E-state index in [0.29, 0.717) is 5.52 Å². The molecule has 0 radical (unpaired) electrons. The number of anilines is 1. The van der Waals surface area contributed by atoms with Crippen molar-refractivity contribution in [3.05, 3.63) is 45.9 Å². The highest BCUT2D eigenvalue weighted by molar-refractivity contribution is 5.97. The molecular formula is C14H11F2N5O2. The Hall–Kier alpha value is -2.86. The van der Waals surface area contributed by atoms with Crippen LogP contribution in [0.2, 0.25) is 0 Å². The second-order valence-corrected chi connectivity index (χ2v) is 5.18. The van der Waals surface area contributed by atoms with E-state index in [1.807, 2.05) is 0 Å². The van der Waals surface area contributed by atoms with Crippen LogP contribution in [-0.4, -0.2) is 35.0 Å². The molecule has 1 aromatic heterocycles. The summed E-state index contributed by atoms with van der Waals surface area (Å²) >= 11 is 0. The number of nitrogens with zero attached hydrogens (tertiary/aromatic N) is 3. The number of aromatic nitrogens is 1. The Morgan fingerprint density at radius 2 is 2.30 bits per heavy atom. The summed E-state index contributed by atoms with van der Waals surface area (Å²) in [6.07, 6.45) is 1.03. The summed E-state index contributed by atoms with van der Waals surface area (Å²) in [6, 6.07) is 3.18. The van der Waals surface area contributed by atoms with E-state index in [1.165, 1.54) is 18.2 Å². The monoisotopic (exact) mass is 319 g/mol. The Bertz CT molecular complexity index is 834. The minimum atomic E-state index is -3.03. The Kier molecular flexibility index (Phi) is 3.54. The summed E-state index contributed by atoms with van der Waals surface area (Å²) in [7, 11) is 0. The van der Waals surface area contributed by atoms with E-state index in [0.717, 1.165) is 6.20 Å². The maximum atomic E-state index is 13.8. The zero-order valence-corrected chi connectivity index (χ0v) is 11.7. The number of pyridine rings is 1. The van der Waals surface area contributed by atoms with Crippen LogP contribution in [0.1, 0.15) is 0 Å². The molecule has 1 saturated heterocycles. The average molecular weight is 319 g/mol. The number of fused-ring (bicyclic) bond motifs is 1. The van der Waals surface area contributed by atoms with Crippen LogP contribution in [-0.2, 0) is 0 Å². The van der Waals surface area contributed by atoms with E-state index >= 15 is 0 Å². The van der Waals surface area contributed by atoms with Crippen molar-refractivity contribution in [3.8, 4) is 0 Å². The number of nitrogens with one attached hydrogen (secondary N) is 2. The Labute approximate surface area is 129 Å². The van der Waals surface area contributed by atoms with Crippen LogP contribution in [0.15, 0.2) is 24.4 Å². The van der Waals surface area contributed by atoms with Crippen molar-refractivity contribution in [2.75, 3.05) is 18.4 Å². The first-order valence-electron chi connectivity index (χ1n) is 6.72. The molecule has 1 atom stereocenters. The lowest BCUT2D eigenvalue weighted by molar-refractivity contribution is -0.384. The second-order valence-electron chi connectivity index (χ2n) is 5.18. The molecule has 1 aliphatic rings. The van der Waals surface area contributed by atoms with Gasteiger partial charge in [-0.25, -0.2) is 18.6 Å². The van der Waals surface area contributed by atoms with Crippen molar-refractivity contribution in [1.82, 2.24) is 10.3 Å². The molecule has 1 aliphatic heterocycles. The van der Waals surface area contributed by atoms with Gasteiger partial charge >= 0.3 is 5.69 Å². The molecule has 2 N–H and O–H groups in total. The van der Waals surface area contributed by atoms with E-state index in [4.69, 9.17) is 6.57 Å². The molecule has 2 aromatic rings. The summed E-state index contributed by atoms with van der Waals surface area (Å²) in [5.41, 5.74) is 0.195. The molecule has 3 rings (SSSR count). The first-order chi connectivity index (χ1) is 10.9. The lowest BCUT2D eigenvalue weighted by Gasteiger charge is -2.21. The smallest absolute Gasteiger partial charge is 0.311 e. The second kappa shape index (κ2) is 5.40. The Morgan fingerprint density at radius 3 is 2.91 bits per heavy atom. The van der Waals surface area contributed by atoms with Crippen molar-refractivity contribution in [1.29, 1.82) is 0 Å². The lowest BCUT2D eigenvalue weighted by Crippen LogP contribution is -2.38. The fraction of sp³-hybridized carbons (Fsp3) is 0.286. The molecule has 0 saturated carbocycles. The van der Waals surface area contributed by atoms with Crippen LogP contribution in [0.25, 0.3) is 15.7 Å². The van der Waals surface area contributed by atoms with Gasteiger partial charge in [-0.2, -0.15) is 0 Å². The highest BCUT2D eigenvalue weighted by Gasteiger charge is 2.44. The minimum absolute atomic E-state index is 0.0174. The number of hydrogen-bond donors (Lipinski definition) is 2. The fourth-order valence-electron chi connectivity index (χ4n) is 2.52. The van der Waals surface area contributed by atoms with Crippen molar-refractivity contribution in [2.24, 2.45) is 0 Å². The van der Waals surface area contributed by atoms with Gasteiger partial charge in [-0.05, 0) is 12.1 Å². The van der Waals surface area contributed by atoms with Gasteiger partial charge in [0.2, 0.25) is 0 Å². The first-order valence-corrected chi connectivity index (χ1v) is 6.72. The number of alkyl halides is 2. The van der Waals surface area contributed by atoms with Crippen LogP contribution in [0.5, 0.6) is 0 Å². The summed E-state index contributed by atoms with van der Waals surface area (Å²) in [5.74, 6) is -3.03. The first kappa shape index (κ1) is 15.1. The predicted octanol–water partition coefficient (Wildman–Crippen LogP) is 2.71. The SMILES string of the molecule is [C-]#[N+]c1ccc2ncc([N+](=O)[O-])c(NC3CNCC3(F)F)c2c1. The van der Waals surface area contributed by atoms with Crippen molar-refractivity contribution in [3.63, 3.8) is 0 Å². The summed E-state index contributed by atoms with van der Waals surface area (Å²) < 4.78 is 27.6. The molecule has 9 heteroatoms. The minimum Gasteiger partial charge on any atom is -0.369 e. The Balaban J connectivity index is 2.17. The molecule has 0 spiro atoms. The topological polar surface area (TPSA) is 84.5 Å². The van der Waals surface area contributed by atoms with Gasteiger partial charge in [0.15, 0.2) is 5.69 Å². The van der Waals surface area contributed by atoms with Crippen molar-refractivity contribution in [2.45, 2.75) is 12.0 Å². The van der Waals surface area contributed by atoms with Gasteiger partial charge in [0.25, 0.3) is 5.92 Å². The number of halogens is 2. The maximum Gasteiger partial charge on any atom is 0.311 e. The quantitative estimate of drug-likeness (QED) is 0.516. The zero-order chi connectivity index (χ0) is 16.6. The molecule has 7 nitrogen and oxygen atoms in total. The van der Waals surface area contributed by atoms with Crippen LogP contribution in [0, 0.1) is 16.7 Å². The largest absolute Gasteiger partial charge is 0.369 e. The van der Waals surface area contributed by atoms with Gasteiger partial charge in [-0.15, -0.1) is 0 Å². The molecule has 0 bridgehead atoms. The van der Waals surface area contributed by atoms with E-state index in [9.17, 15) is 18.9 Å².